The summed E-state index contributed by atoms with van der Waals surface area (Å²) in [5.41, 5.74) is -0.718. The molecule has 0 radical (unpaired) electrons. The lowest BCUT2D eigenvalue weighted by molar-refractivity contribution is -0.131. The van der Waals surface area contributed by atoms with Crippen LogP contribution in [0.15, 0.2) is 34.3 Å². The lowest BCUT2D eigenvalue weighted by Gasteiger charge is -2.45. The van der Waals surface area contributed by atoms with E-state index in [1.165, 1.54) is 51.4 Å². The molecule has 5 heteroatoms. The molecule has 176 valence electrons. The van der Waals surface area contributed by atoms with E-state index in [1.54, 1.807) is 30.8 Å². The van der Waals surface area contributed by atoms with Crippen LogP contribution in [0, 0.1) is 5.41 Å². The normalized spacial score (nSPS) is 21.9. The Hall–Kier alpha value is -1.33. The Bertz CT molecular complexity index is 702. The summed E-state index contributed by atoms with van der Waals surface area (Å²) in [6.45, 7) is 9.53. The first-order valence-corrected chi connectivity index (χ1v) is 12.7. The molecule has 0 heterocycles. The smallest absolute Gasteiger partial charge is 0.328 e. The second kappa shape index (κ2) is 13.3. The van der Waals surface area contributed by atoms with Gasteiger partial charge in [-0.15, -0.1) is 11.8 Å². The molecule has 1 rings (SSSR count). The van der Waals surface area contributed by atoms with Crippen molar-refractivity contribution < 1.29 is 19.8 Å². The number of unbranched alkanes of at least 4 members (excludes halogenated alkanes) is 8. The molecule has 1 aliphatic carbocycles. The van der Waals surface area contributed by atoms with Crippen LogP contribution >= 0.6 is 11.8 Å². The fraction of sp³-hybridized carbons (Fsp3) is 0.692. The minimum Gasteiger partial charge on any atom is -0.478 e. The van der Waals surface area contributed by atoms with Gasteiger partial charge in [0.05, 0.1) is 4.91 Å². The van der Waals surface area contributed by atoms with E-state index >= 15 is 0 Å². The number of aliphatic carboxylic acids is 1. The zero-order valence-corrected chi connectivity index (χ0v) is 20.9. The highest BCUT2D eigenvalue weighted by Gasteiger charge is 2.49. The van der Waals surface area contributed by atoms with Crippen molar-refractivity contribution in [3.05, 3.63) is 34.3 Å². The van der Waals surface area contributed by atoms with Gasteiger partial charge in [0.2, 0.25) is 0 Å². The Morgan fingerprint density at radius 1 is 1.06 bits per heavy atom. The van der Waals surface area contributed by atoms with E-state index in [-0.39, 0.29) is 12.2 Å². The van der Waals surface area contributed by atoms with Crippen molar-refractivity contribution in [1.29, 1.82) is 0 Å². The van der Waals surface area contributed by atoms with Gasteiger partial charge in [-0.2, -0.15) is 0 Å². The van der Waals surface area contributed by atoms with E-state index in [9.17, 15) is 14.7 Å². The molecular weight excluding hydrogens is 408 g/mol. The molecule has 2 N–H and O–H groups in total. The fourth-order valence-corrected chi connectivity index (χ4v) is 5.29. The molecule has 0 aromatic carbocycles. The van der Waals surface area contributed by atoms with Crippen molar-refractivity contribution in [2.24, 2.45) is 5.41 Å². The van der Waals surface area contributed by atoms with Crippen LogP contribution in [0.25, 0.3) is 0 Å². The minimum atomic E-state index is -1.28. The van der Waals surface area contributed by atoms with Gasteiger partial charge in [0.1, 0.15) is 5.60 Å². The first-order chi connectivity index (χ1) is 14.5. The Morgan fingerprint density at radius 2 is 1.61 bits per heavy atom. The highest BCUT2D eigenvalue weighted by Crippen LogP contribution is 2.48. The van der Waals surface area contributed by atoms with Gasteiger partial charge in [-0.05, 0) is 43.2 Å². The molecule has 0 amide bonds. The number of ketones is 1. The average molecular weight is 451 g/mol. The molecule has 0 aromatic heterocycles. The van der Waals surface area contributed by atoms with Gasteiger partial charge in [-0.1, -0.05) is 78.2 Å². The number of aliphatic hydroxyl groups is 1. The summed E-state index contributed by atoms with van der Waals surface area (Å²) in [5.74, 6) is -0.0390. The van der Waals surface area contributed by atoms with Crippen LogP contribution in [0.3, 0.4) is 0 Å². The van der Waals surface area contributed by atoms with E-state index in [2.05, 4.69) is 6.92 Å². The number of carbonyl (C=O) groups is 2. The van der Waals surface area contributed by atoms with Gasteiger partial charge in [0, 0.05) is 17.9 Å². The molecule has 31 heavy (non-hydrogen) atoms. The molecule has 1 aliphatic rings. The summed E-state index contributed by atoms with van der Waals surface area (Å²) in [7, 11) is 0. The highest BCUT2D eigenvalue weighted by atomic mass is 32.2. The van der Waals surface area contributed by atoms with E-state index in [0.717, 1.165) is 18.2 Å². The molecule has 0 aliphatic heterocycles. The van der Waals surface area contributed by atoms with Gasteiger partial charge in [-0.25, -0.2) is 4.79 Å². The summed E-state index contributed by atoms with van der Waals surface area (Å²) >= 11 is 1.56. The van der Waals surface area contributed by atoms with E-state index < -0.39 is 17.0 Å². The topological polar surface area (TPSA) is 74.6 Å². The second-order valence-electron chi connectivity index (χ2n) is 9.44. The maximum absolute atomic E-state index is 12.8. The molecule has 0 aromatic rings. The standard InChI is InChI=1S/C26H42O4S/c1-6-7-8-9-10-11-12-13-14-17-31-24-21(3)26(30,25(4,5)19-22(24)27)16-15-20(2)18-23(28)29/h15-16,18,30H,6-14,17,19H2,1-5H3,(H,28,29)/b16-15+,20-18-/t26-/m1/s1. The van der Waals surface area contributed by atoms with Crippen molar-refractivity contribution in [2.75, 3.05) is 5.75 Å². The first-order valence-electron chi connectivity index (χ1n) is 11.8. The SMILES string of the molecule is CCCCCCCCCCCSC1=C(C)[C@](O)(/C=C/C(C)=C\C(=O)O)C(C)(C)CC1=O. The Balaban J connectivity index is 2.70. The average Bonchev–Trinajstić information content (AvgIpc) is 2.68. The number of carboxylic acids is 1. The number of carboxylic acid groups (broad SMARTS) is 1. The highest BCUT2D eigenvalue weighted by molar-refractivity contribution is 8.04. The number of carbonyl (C=O) groups excluding carboxylic acids is 1. The van der Waals surface area contributed by atoms with Crippen molar-refractivity contribution in [3.8, 4) is 0 Å². The molecule has 4 nitrogen and oxygen atoms in total. The summed E-state index contributed by atoms with van der Waals surface area (Å²) in [6.07, 6.45) is 16.1. The molecule has 0 bridgehead atoms. The predicted octanol–water partition coefficient (Wildman–Crippen LogP) is 6.84. The van der Waals surface area contributed by atoms with Crippen LogP contribution in [-0.4, -0.2) is 33.3 Å². The van der Waals surface area contributed by atoms with Gasteiger partial charge >= 0.3 is 5.97 Å². The first kappa shape index (κ1) is 27.7. The summed E-state index contributed by atoms with van der Waals surface area (Å²) in [5, 5.41) is 20.4. The fourth-order valence-electron chi connectivity index (χ4n) is 4.13. The monoisotopic (exact) mass is 450 g/mol. The summed E-state index contributed by atoms with van der Waals surface area (Å²) in [4.78, 5) is 24.3. The second-order valence-corrected chi connectivity index (χ2v) is 10.5. The van der Waals surface area contributed by atoms with Crippen LogP contribution in [0.4, 0.5) is 0 Å². The molecular formula is C26H42O4S. The number of hydrogen-bond acceptors (Lipinski definition) is 4. The van der Waals surface area contributed by atoms with Crippen LogP contribution in [0.1, 0.15) is 98.8 Å². The third-order valence-corrected chi connectivity index (χ3v) is 7.55. The largest absolute Gasteiger partial charge is 0.478 e. The molecule has 0 unspecified atom stereocenters. The quantitative estimate of drug-likeness (QED) is 0.172. The van der Waals surface area contributed by atoms with Crippen LogP contribution in [-0.2, 0) is 9.59 Å². The number of Topliss-reactive ketones (excluding diaryl/α,β-unsaturated/α-hetero) is 1. The van der Waals surface area contributed by atoms with Crippen molar-refractivity contribution in [3.63, 3.8) is 0 Å². The predicted molar refractivity (Wildman–Crippen MR) is 131 cm³/mol. The van der Waals surface area contributed by atoms with Gasteiger partial charge < -0.3 is 10.2 Å². The zero-order valence-electron chi connectivity index (χ0n) is 20.1. The third kappa shape index (κ3) is 8.61. The maximum Gasteiger partial charge on any atom is 0.328 e. The van der Waals surface area contributed by atoms with Crippen molar-refractivity contribution in [2.45, 2.75) is 104 Å². The third-order valence-electron chi connectivity index (χ3n) is 6.23. The van der Waals surface area contributed by atoms with E-state index in [1.807, 2.05) is 20.8 Å². The molecule has 1 atom stereocenters. The maximum atomic E-state index is 12.8. The number of rotatable bonds is 14. The Morgan fingerprint density at radius 3 is 2.16 bits per heavy atom. The lowest BCUT2D eigenvalue weighted by Crippen LogP contribution is -2.49. The number of thioether (sulfide) groups is 1. The van der Waals surface area contributed by atoms with Gasteiger partial charge in [-0.3, -0.25) is 4.79 Å². The van der Waals surface area contributed by atoms with E-state index in [0.29, 0.717) is 16.1 Å². The minimum absolute atomic E-state index is 0.0966. The van der Waals surface area contributed by atoms with Crippen molar-refractivity contribution >= 4 is 23.5 Å². The van der Waals surface area contributed by atoms with Gasteiger partial charge in [0.15, 0.2) is 5.78 Å². The molecule has 0 saturated heterocycles. The zero-order chi connectivity index (χ0) is 23.5. The number of hydrogen-bond donors (Lipinski definition) is 2. The molecule has 0 fully saturated rings. The molecule has 0 spiro atoms. The van der Waals surface area contributed by atoms with Crippen LogP contribution < -0.4 is 0 Å². The number of allylic oxidation sites excluding steroid dienone is 3. The van der Waals surface area contributed by atoms with Crippen LogP contribution in [0.2, 0.25) is 0 Å². The van der Waals surface area contributed by atoms with E-state index in [4.69, 9.17) is 5.11 Å². The van der Waals surface area contributed by atoms with Crippen LogP contribution in [0.5, 0.6) is 0 Å². The molecule has 0 saturated carbocycles. The summed E-state index contributed by atoms with van der Waals surface area (Å²) < 4.78 is 0. The Labute approximate surface area is 193 Å². The van der Waals surface area contributed by atoms with Crippen molar-refractivity contribution in [1.82, 2.24) is 0 Å². The lowest BCUT2D eigenvalue weighted by atomic mass is 9.64. The summed E-state index contributed by atoms with van der Waals surface area (Å²) in [6, 6.07) is 0. The Kier molecular flexibility index (Phi) is 11.9. The van der Waals surface area contributed by atoms with Gasteiger partial charge in [0.25, 0.3) is 0 Å².